The molecule has 2 nitrogen and oxygen atoms in total. The van der Waals surface area contributed by atoms with Crippen molar-refractivity contribution in [1.82, 2.24) is 0 Å². The third kappa shape index (κ3) is 7.03. The van der Waals surface area contributed by atoms with Crippen LogP contribution in [0.1, 0.15) is 122 Å². The summed E-state index contributed by atoms with van der Waals surface area (Å²) in [4.78, 5) is 25.8. The van der Waals surface area contributed by atoms with E-state index in [9.17, 15) is 9.59 Å². The molecule has 1 aliphatic carbocycles. The predicted octanol–water partition coefficient (Wildman–Crippen LogP) is 9.63. The Morgan fingerprint density at radius 1 is 0.800 bits per heavy atom. The van der Waals surface area contributed by atoms with Crippen LogP contribution in [0.2, 0.25) is 0 Å². The van der Waals surface area contributed by atoms with Gasteiger partial charge < -0.3 is 0 Å². The minimum atomic E-state index is -0.0234. The second-order valence-electron chi connectivity index (χ2n) is 11.4. The van der Waals surface area contributed by atoms with Gasteiger partial charge in [0.25, 0.3) is 0 Å². The van der Waals surface area contributed by atoms with Crippen LogP contribution in [0.3, 0.4) is 0 Å². The zero-order chi connectivity index (χ0) is 26.4. The fourth-order valence-electron chi connectivity index (χ4n) is 4.75. The quantitative estimate of drug-likeness (QED) is 0.299. The Hall–Kier alpha value is -2.48. The highest BCUT2D eigenvalue weighted by atomic mass is 16.1. The molecule has 1 atom stereocenters. The molecule has 2 heteroatoms. The Balaban J connectivity index is 2.08. The molecule has 1 aromatic rings. The third-order valence-corrected chi connectivity index (χ3v) is 8.36. The van der Waals surface area contributed by atoms with Crippen molar-refractivity contribution in [3.63, 3.8) is 0 Å². The van der Waals surface area contributed by atoms with E-state index in [-0.39, 0.29) is 22.4 Å². The zero-order valence-electron chi connectivity index (χ0n) is 23.6. The average Bonchev–Trinajstić information content (AvgIpc) is 2.81. The summed E-state index contributed by atoms with van der Waals surface area (Å²) in [5.41, 5.74) is 6.70. The second-order valence-corrected chi connectivity index (χ2v) is 11.4. The van der Waals surface area contributed by atoms with E-state index in [1.165, 1.54) is 23.1 Å². The number of rotatable bonds is 11. The van der Waals surface area contributed by atoms with Crippen LogP contribution < -0.4 is 0 Å². The van der Waals surface area contributed by atoms with E-state index in [4.69, 9.17) is 0 Å². The number of benzene rings is 1. The summed E-state index contributed by atoms with van der Waals surface area (Å²) in [7, 11) is 0. The van der Waals surface area contributed by atoms with E-state index >= 15 is 0 Å². The molecule has 0 aromatic heterocycles. The maximum absolute atomic E-state index is 13.1. The third-order valence-electron chi connectivity index (χ3n) is 8.36. The van der Waals surface area contributed by atoms with Gasteiger partial charge >= 0.3 is 0 Å². The minimum absolute atomic E-state index is 0.00919. The number of allylic oxidation sites excluding steroid dienone is 8. The van der Waals surface area contributed by atoms with E-state index in [0.717, 1.165) is 25.7 Å². The summed E-state index contributed by atoms with van der Waals surface area (Å²) in [6.07, 6.45) is 13.0. The Kier molecular flexibility index (Phi) is 9.84. The number of hydrogen-bond donors (Lipinski definition) is 0. The van der Waals surface area contributed by atoms with Crippen LogP contribution in [0, 0.1) is 10.8 Å². The van der Waals surface area contributed by atoms with Gasteiger partial charge in [0.2, 0.25) is 0 Å². The molecule has 1 aromatic carbocycles. The normalized spacial score (nSPS) is 16.8. The van der Waals surface area contributed by atoms with Gasteiger partial charge in [-0.3, -0.25) is 9.59 Å². The van der Waals surface area contributed by atoms with Gasteiger partial charge in [-0.15, -0.1) is 0 Å². The molecule has 35 heavy (non-hydrogen) atoms. The van der Waals surface area contributed by atoms with Crippen molar-refractivity contribution >= 4 is 11.6 Å². The Bertz CT molecular complexity index is 1070. The van der Waals surface area contributed by atoms with Crippen LogP contribution in [0.4, 0.5) is 0 Å². The van der Waals surface area contributed by atoms with Gasteiger partial charge in [0.15, 0.2) is 11.6 Å². The van der Waals surface area contributed by atoms with Gasteiger partial charge in [0, 0.05) is 22.3 Å². The lowest BCUT2D eigenvalue weighted by Gasteiger charge is -2.30. The summed E-state index contributed by atoms with van der Waals surface area (Å²) in [5.74, 6) is -0.0326. The number of hydrogen-bond acceptors (Lipinski definition) is 2. The summed E-state index contributed by atoms with van der Waals surface area (Å²) >= 11 is 0. The van der Waals surface area contributed by atoms with E-state index in [1.807, 2.05) is 12.1 Å². The molecule has 2 rings (SSSR count). The van der Waals surface area contributed by atoms with Crippen molar-refractivity contribution in [2.75, 3.05) is 0 Å². The van der Waals surface area contributed by atoms with E-state index in [1.54, 1.807) is 19.1 Å². The number of ketones is 2. The van der Waals surface area contributed by atoms with Crippen molar-refractivity contribution in [2.45, 2.75) is 101 Å². The predicted molar refractivity (Wildman–Crippen MR) is 150 cm³/mol. The number of Topliss-reactive ketones (excluding diaryl/α,β-unsaturated/α-hetero) is 2. The monoisotopic (exact) mass is 474 g/mol. The molecule has 0 fully saturated rings. The summed E-state index contributed by atoms with van der Waals surface area (Å²) < 4.78 is 0. The fraction of sp³-hybridized carbons (Fsp3) is 0.515. The Labute approximate surface area is 214 Å². The van der Waals surface area contributed by atoms with Gasteiger partial charge in [-0.05, 0) is 84.0 Å². The summed E-state index contributed by atoms with van der Waals surface area (Å²) in [5, 5.41) is 0. The van der Waals surface area contributed by atoms with Crippen LogP contribution >= 0.6 is 0 Å². The van der Waals surface area contributed by atoms with Crippen molar-refractivity contribution in [1.29, 1.82) is 0 Å². The zero-order valence-corrected chi connectivity index (χ0v) is 23.6. The molecule has 0 spiro atoms. The summed E-state index contributed by atoms with van der Waals surface area (Å²) in [6.45, 7) is 19.8. The van der Waals surface area contributed by atoms with Gasteiger partial charge in [0.05, 0.1) is 0 Å². The van der Waals surface area contributed by atoms with Crippen molar-refractivity contribution in [2.24, 2.45) is 10.8 Å². The van der Waals surface area contributed by atoms with E-state index in [0.29, 0.717) is 28.7 Å². The first kappa shape index (κ1) is 28.8. The lowest BCUT2D eigenvalue weighted by atomic mass is 9.75. The highest BCUT2D eigenvalue weighted by Gasteiger charge is 2.29. The number of carbonyl (C=O) groups is 2. The Morgan fingerprint density at radius 3 is 1.94 bits per heavy atom. The van der Waals surface area contributed by atoms with Gasteiger partial charge in [-0.25, -0.2) is 0 Å². The molecule has 0 aliphatic heterocycles. The lowest BCUT2D eigenvalue weighted by Crippen LogP contribution is -2.21. The van der Waals surface area contributed by atoms with Crippen LogP contribution in [-0.4, -0.2) is 11.6 Å². The summed E-state index contributed by atoms with van der Waals surface area (Å²) in [6, 6.07) is 7.16. The van der Waals surface area contributed by atoms with E-state index in [2.05, 4.69) is 73.6 Å². The number of fused-ring (bicyclic) bond motifs is 1. The molecule has 0 amide bonds. The Morgan fingerprint density at radius 2 is 1.37 bits per heavy atom. The second kappa shape index (κ2) is 12.0. The molecule has 0 heterocycles. The standard InChI is InChI=1S/C33H46O2/c1-10-33(9,22-13-15-23(2)3)25(5)16-14-21-32(7,8)24(4)19-20-27-26(6)30(34)28-17-11-12-18-29(28)31(27)35/h11-12,15-19H,10,13-14,20-22H2,1-9H3. The lowest BCUT2D eigenvalue weighted by molar-refractivity contribution is 0.0973. The average molecular weight is 475 g/mol. The largest absolute Gasteiger partial charge is 0.289 e. The molecule has 0 N–H and O–H groups in total. The van der Waals surface area contributed by atoms with Gasteiger partial charge in [-0.2, -0.15) is 0 Å². The maximum Gasteiger partial charge on any atom is 0.190 e. The van der Waals surface area contributed by atoms with Crippen LogP contribution in [0.5, 0.6) is 0 Å². The SMILES string of the molecule is CCC(C)(CCC=C(C)C)C(C)=CCCC(C)(C)C(C)=CCC1=C(C)C(=O)c2ccccc2C1=O. The molecular weight excluding hydrogens is 428 g/mol. The van der Waals surface area contributed by atoms with E-state index < -0.39 is 0 Å². The molecule has 0 saturated carbocycles. The van der Waals surface area contributed by atoms with Crippen LogP contribution in [-0.2, 0) is 0 Å². The molecule has 0 bridgehead atoms. The van der Waals surface area contributed by atoms with Gasteiger partial charge in [0.1, 0.15) is 0 Å². The number of carbonyl (C=O) groups excluding carboxylic acids is 2. The minimum Gasteiger partial charge on any atom is -0.289 e. The first-order chi connectivity index (χ1) is 16.3. The highest BCUT2D eigenvalue weighted by Crippen LogP contribution is 2.38. The van der Waals surface area contributed by atoms with Crippen LogP contribution in [0.15, 0.2) is 70.4 Å². The van der Waals surface area contributed by atoms with Crippen LogP contribution in [0.25, 0.3) is 0 Å². The van der Waals surface area contributed by atoms with Gasteiger partial charge in [-0.1, -0.05) is 86.9 Å². The highest BCUT2D eigenvalue weighted by molar-refractivity contribution is 6.26. The molecule has 0 saturated heterocycles. The van der Waals surface area contributed by atoms with Crippen molar-refractivity contribution < 1.29 is 9.59 Å². The molecular formula is C33H46O2. The maximum atomic E-state index is 13.1. The molecule has 1 unspecified atom stereocenters. The molecule has 0 radical (unpaired) electrons. The fourth-order valence-corrected chi connectivity index (χ4v) is 4.75. The smallest absolute Gasteiger partial charge is 0.190 e. The van der Waals surface area contributed by atoms with Crippen molar-refractivity contribution in [3.8, 4) is 0 Å². The molecule has 190 valence electrons. The first-order valence-corrected chi connectivity index (χ1v) is 13.2. The molecule has 1 aliphatic rings. The van der Waals surface area contributed by atoms with Crippen molar-refractivity contribution in [3.05, 3.63) is 81.5 Å². The first-order valence-electron chi connectivity index (χ1n) is 13.2. The topological polar surface area (TPSA) is 34.1 Å².